The van der Waals surface area contributed by atoms with Gasteiger partial charge in [0.2, 0.25) is 5.78 Å². The molecule has 0 unspecified atom stereocenters. The van der Waals surface area contributed by atoms with Gasteiger partial charge in [-0.3, -0.25) is 22.9 Å². The van der Waals surface area contributed by atoms with Gasteiger partial charge in [0, 0.05) is 31.5 Å². The number of benzene rings is 2. The summed E-state index contributed by atoms with van der Waals surface area (Å²) < 4.78 is 19.5. The second-order valence-corrected chi connectivity index (χ2v) is 6.85. The topological polar surface area (TPSA) is 66.2 Å². The van der Waals surface area contributed by atoms with Gasteiger partial charge in [-0.05, 0) is 24.3 Å². The van der Waals surface area contributed by atoms with Gasteiger partial charge in [-0.25, -0.2) is 9.18 Å². The van der Waals surface area contributed by atoms with Gasteiger partial charge in [-0.1, -0.05) is 30.3 Å². The lowest BCUT2D eigenvalue weighted by Crippen LogP contribution is -2.37. The molecule has 0 atom stereocenters. The summed E-state index contributed by atoms with van der Waals surface area (Å²) in [4.78, 5) is 29.8. The van der Waals surface area contributed by atoms with Crippen LogP contribution in [0.3, 0.4) is 0 Å². The van der Waals surface area contributed by atoms with E-state index in [1.54, 1.807) is 23.6 Å². The molecule has 5 aromatic rings. The van der Waals surface area contributed by atoms with Crippen molar-refractivity contribution in [2.45, 2.75) is 0 Å². The van der Waals surface area contributed by atoms with E-state index >= 15 is 0 Å². The van der Waals surface area contributed by atoms with Crippen molar-refractivity contribution in [2.24, 2.45) is 14.1 Å². The maximum absolute atomic E-state index is 13.5. The molecule has 0 saturated carbocycles. The SMILES string of the molecule is Cn1c(=O)c2c(nc3n(-c4ccc(F)cc4)c(-c4ccccc4)cn23)n(C)c1=O. The van der Waals surface area contributed by atoms with E-state index in [1.807, 2.05) is 41.1 Å². The fourth-order valence-electron chi connectivity index (χ4n) is 3.63. The van der Waals surface area contributed by atoms with Gasteiger partial charge in [-0.2, -0.15) is 4.98 Å². The summed E-state index contributed by atoms with van der Waals surface area (Å²) in [5.41, 5.74) is 2.13. The highest BCUT2D eigenvalue weighted by Crippen LogP contribution is 2.28. The molecule has 7 nitrogen and oxygen atoms in total. The molecular formula is C21H16FN5O2. The summed E-state index contributed by atoms with van der Waals surface area (Å²) in [7, 11) is 3.02. The van der Waals surface area contributed by atoms with Crippen LogP contribution >= 0.6 is 0 Å². The predicted octanol–water partition coefficient (Wildman–Crippen LogP) is 2.48. The number of halogens is 1. The van der Waals surface area contributed by atoms with E-state index in [1.165, 1.54) is 23.7 Å². The fourth-order valence-corrected chi connectivity index (χ4v) is 3.63. The first-order valence-electron chi connectivity index (χ1n) is 8.98. The number of nitrogens with zero attached hydrogens (tertiary/aromatic N) is 5. The second kappa shape index (κ2) is 6.03. The molecule has 0 fully saturated rings. The van der Waals surface area contributed by atoms with Crippen molar-refractivity contribution in [3.05, 3.63) is 87.4 Å². The number of imidazole rings is 2. The first-order chi connectivity index (χ1) is 14.0. The van der Waals surface area contributed by atoms with Crippen LogP contribution in [0, 0.1) is 5.82 Å². The maximum Gasteiger partial charge on any atom is 0.332 e. The van der Waals surface area contributed by atoms with Crippen LogP contribution in [0.15, 0.2) is 70.4 Å². The molecule has 2 aromatic carbocycles. The maximum atomic E-state index is 13.5. The molecule has 0 bridgehead atoms. The lowest BCUT2D eigenvalue weighted by molar-refractivity contribution is 0.627. The number of fused-ring (bicyclic) bond motifs is 3. The lowest BCUT2D eigenvalue weighted by atomic mass is 10.1. The summed E-state index contributed by atoms with van der Waals surface area (Å²) in [6, 6.07) is 15.7. The van der Waals surface area contributed by atoms with E-state index in [4.69, 9.17) is 0 Å². The summed E-state index contributed by atoms with van der Waals surface area (Å²) in [5, 5.41) is 0. The van der Waals surface area contributed by atoms with E-state index in [0.717, 1.165) is 15.8 Å². The number of aryl methyl sites for hydroxylation is 1. The average molecular weight is 389 g/mol. The third kappa shape index (κ3) is 2.39. The molecule has 5 rings (SSSR count). The Morgan fingerprint density at radius 3 is 2.28 bits per heavy atom. The monoisotopic (exact) mass is 389 g/mol. The highest BCUT2D eigenvalue weighted by atomic mass is 19.1. The Morgan fingerprint density at radius 1 is 0.897 bits per heavy atom. The minimum atomic E-state index is -0.445. The smallest absolute Gasteiger partial charge is 0.279 e. The number of hydrogen-bond acceptors (Lipinski definition) is 3. The third-order valence-electron chi connectivity index (χ3n) is 5.12. The van der Waals surface area contributed by atoms with E-state index < -0.39 is 11.2 Å². The molecule has 0 amide bonds. The van der Waals surface area contributed by atoms with Crippen molar-refractivity contribution in [2.75, 3.05) is 0 Å². The highest BCUT2D eigenvalue weighted by Gasteiger charge is 2.21. The van der Waals surface area contributed by atoms with E-state index in [9.17, 15) is 14.0 Å². The van der Waals surface area contributed by atoms with E-state index in [0.29, 0.717) is 22.6 Å². The molecular weight excluding hydrogens is 373 g/mol. The van der Waals surface area contributed by atoms with Crippen molar-refractivity contribution >= 4 is 16.9 Å². The van der Waals surface area contributed by atoms with Crippen molar-refractivity contribution < 1.29 is 4.39 Å². The second-order valence-electron chi connectivity index (χ2n) is 6.85. The average Bonchev–Trinajstić information content (AvgIpc) is 3.28. The Morgan fingerprint density at radius 2 is 1.59 bits per heavy atom. The normalized spacial score (nSPS) is 11.6. The van der Waals surface area contributed by atoms with Gasteiger partial charge in [0.05, 0.1) is 5.69 Å². The zero-order chi connectivity index (χ0) is 20.3. The van der Waals surface area contributed by atoms with Crippen LogP contribution in [0.25, 0.3) is 33.9 Å². The molecule has 3 aromatic heterocycles. The summed E-state index contributed by atoms with van der Waals surface area (Å²) in [6.45, 7) is 0. The predicted molar refractivity (Wildman–Crippen MR) is 108 cm³/mol. The molecule has 3 heterocycles. The van der Waals surface area contributed by atoms with Crippen LogP contribution in [0.2, 0.25) is 0 Å². The van der Waals surface area contributed by atoms with Crippen LogP contribution in [0.5, 0.6) is 0 Å². The fraction of sp³-hybridized carbons (Fsp3) is 0.0952. The number of aromatic nitrogens is 5. The third-order valence-corrected chi connectivity index (χ3v) is 5.12. The zero-order valence-corrected chi connectivity index (χ0v) is 15.7. The van der Waals surface area contributed by atoms with Crippen LogP contribution in [-0.2, 0) is 14.1 Å². The Kier molecular flexibility index (Phi) is 3.57. The van der Waals surface area contributed by atoms with Crippen LogP contribution in [0.1, 0.15) is 0 Å². The van der Waals surface area contributed by atoms with Gasteiger partial charge in [0.25, 0.3) is 5.56 Å². The molecule has 0 aliphatic carbocycles. The first-order valence-corrected chi connectivity index (χ1v) is 8.98. The molecule has 0 aliphatic heterocycles. The van der Waals surface area contributed by atoms with Crippen LogP contribution in [-0.4, -0.2) is 23.1 Å². The summed E-state index contributed by atoms with van der Waals surface area (Å²) in [6.07, 6.45) is 1.81. The Labute approximate surface area is 163 Å². The van der Waals surface area contributed by atoms with Crippen molar-refractivity contribution in [1.29, 1.82) is 0 Å². The Bertz CT molecular complexity index is 1510. The molecule has 0 spiro atoms. The molecule has 0 aliphatic rings. The van der Waals surface area contributed by atoms with Crippen LogP contribution < -0.4 is 11.2 Å². The standard InChI is InChI=1S/C21H16FN5O2/c1-24-18-17(19(28)25(2)21(24)29)26-12-16(13-6-4-3-5-7-13)27(20(26)23-18)15-10-8-14(22)9-11-15/h3-12H,1-2H3. The Balaban J connectivity index is 1.97. The number of rotatable bonds is 2. The minimum Gasteiger partial charge on any atom is -0.279 e. The van der Waals surface area contributed by atoms with Crippen molar-refractivity contribution in [3.8, 4) is 16.9 Å². The van der Waals surface area contributed by atoms with Gasteiger partial charge in [0.1, 0.15) is 5.82 Å². The summed E-state index contributed by atoms with van der Waals surface area (Å²) in [5.74, 6) is 0.117. The summed E-state index contributed by atoms with van der Waals surface area (Å²) >= 11 is 0. The molecule has 29 heavy (non-hydrogen) atoms. The molecule has 8 heteroatoms. The lowest BCUT2D eigenvalue weighted by Gasteiger charge is -2.09. The van der Waals surface area contributed by atoms with E-state index in [-0.39, 0.29) is 5.82 Å². The van der Waals surface area contributed by atoms with Crippen LogP contribution in [0.4, 0.5) is 4.39 Å². The molecule has 0 radical (unpaired) electrons. The highest BCUT2D eigenvalue weighted by molar-refractivity contribution is 5.79. The molecule has 144 valence electrons. The van der Waals surface area contributed by atoms with Gasteiger partial charge in [-0.15, -0.1) is 0 Å². The first kappa shape index (κ1) is 17.2. The van der Waals surface area contributed by atoms with Crippen molar-refractivity contribution in [3.63, 3.8) is 0 Å². The largest absolute Gasteiger partial charge is 0.332 e. The quantitative estimate of drug-likeness (QED) is 0.466. The number of hydrogen-bond donors (Lipinski definition) is 0. The molecule has 0 saturated heterocycles. The van der Waals surface area contributed by atoms with Gasteiger partial charge < -0.3 is 0 Å². The van der Waals surface area contributed by atoms with E-state index in [2.05, 4.69) is 4.98 Å². The minimum absolute atomic E-state index is 0.295. The van der Waals surface area contributed by atoms with Gasteiger partial charge >= 0.3 is 5.69 Å². The van der Waals surface area contributed by atoms with Crippen molar-refractivity contribution in [1.82, 2.24) is 23.1 Å². The van der Waals surface area contributed by atoms with Gasteiger partial charge in [0.15, 0.2) is 11.2 Å². The Hall–Kier alpha value is -3.94. The molecule has 0 N–H and O–H groups in total. The zero-order valence-electron chi connectivity index (χ0n) is 15.7.